The van der Waals surface area contributed by atoms with Crippen LogP contribution >= 0.6 is 11.8 Å². The van der Waals surface area contributed by atoms with Crippen molar-refractivity contribution < 1.29 is 29.4 Å². The average molecular weight is 509 g/mol. The lowest BCUT2D eigenvalue weighted by molar-refractivity contribution is -0.163. The van der Waals surface area contributed by atoms with Crippen molar-refractivity contribution in [2.45, 2.75) is 56.5 Å². The van der Waals surface area contributed by atoms with Gasteiger partial charge in [-0.2, -0.15) is 4.99 Å². The van der Waals surface area contributed by atoms with Crippen LogP contribution in [0.25, 0.3) is 0 Å². The summed E-state index contributed by atoms with van der Waals surface area (Å²) in [7, 11) is 0. The highest BCUT2D eigenvalue weighted by atomic mass is 32.2. The van der Waals surface area contributed by atoms with E-state index in [0.717, 1.165) is 6.29 Å². The second-order valence-corrected chi connectivity index (χ2v) is 11.0. The first-order valence-electron chi connectivity index (χ1n) is 11.8. The number of aliphatic hydroxyl groups is 1. The number of aliphatic imine (C=N–C) groups is 1. The first kappa shape index (κ1) is 25.6. The Balaban J connectivity index is 1.44. The van der Waals surface area contributed by atoms with E-state index in [1.54, 1.807) is 6.92 Å². The molecule has 3 saturated heterocycles. The topological polar surface area (TPSA) is 183 Å². The third-order valence-corrected chi connectivity index (χ3v) is 8.96. The molecule has 0 spiro atoms. The number of carboxylic acid groups (broad SMARTS) is 1. The molecule has 6 atom stereocenters. The van der Waals surface area contributed by atoms with E-state index in [0.29, 0.717) is 43.8 Å². The molecule has 0 aromatic rings. The molecule has 192 valence electrons. The number of aldehydes is 1. The van der Waals surface area contributed by atoms with Crippen LogP contribution in [0.15, 0.2) is 15.6 Å². The van der Waals surface area contributed by atoms with Gasteiger partial charge in [0.1, 0.15) is 12.0 Å². The number of rotatable bonds is 7. The molecule has 35 heavy (non-hydrogen) atoms. The SMILES string of the molecule is C[C@@H](O)[C@H]1C(=O)N2C(C(=O)O)=C(S[C@H]3C[C@@H](C=O)N(N4CCC(C(=O)N=C(N)N)CC4)C3)[C@H](C)[C@H]12. The highest BCUT2D eigenvalue weighted by Crippen LogP contribution is 2.52. The van der Waals surface area contributed by atoms with Crippen molar-refractivity contribution in [3.05, 3.63) is 10.6 Å². The minimum atomic E-state index is -1.16. The summed E-state index contributed by atoms with van der Waals surface area (Å²) in [6.45, 7) is 5.15. The number of guanidine groups is 1. The molecule has 0 aliphatic carbocycles. The van der Waals surface area contributed by atoms with Gasteiger partial charge in [0.05, 0.1) is 24.1 Å². The van der Waals surface area contributed by atoms with E-state index in [2.05, 4.69) is 10.0 Å². The molecule has 0 aromatic carbocycles. The van der Waals surface area contributed by atoms with Gasteiger partial charge in [0.15, 0.2) is 5.96 Å². The fraction of sp³-hybridized carbons (Fsp3) is 0.682. The minimum Gasteiger partial charge on any atom is -0.477 e. The molecule has 4 rings (SSSR count). The molecular formula is C22H32N6O6S. The van der Waals surface area contributed by atoms with E-state index in [1.165, 1.54) is 16.7 Å². The Kier molecular flexibility index (Phi) is 7.23. The van der Waals surface area contributed by atoms with E-state index in [4.69, 9.17) is 11.5 Å². The van der Waals surface area contributed by atoms with Crippen molar-refractivity contribution in [1.82, 2.24) is 14.9 Å². The Morgan fingerprint density at radius 3 is 2.46 bits per heavy atom. The Morgan fingerprint density at radius 2 is 1.91 bits per heavy atom. The molecule has 3 fully saturated rings. The van der Waals surface area contributed by atoms with Crippen LogP contribution in [0.5, 0.6) is 0 Å². The number of carbonyl (C=O) groups excluding carboxylic acids is 3. The zero-order chi connectivity index (χ0) is 25.6. The standard InChI is InChI=1S/C22H32N6O6S/c1-10-16-15(11(2)30)20(32)28(16)17(21(33)34)18(10)35-14-7-13(9-29)27(8-14)26-5-3-12(4-6-26)19(31)25-22(23)24/h9-16,30H,3-8H2,1-2H3,(H,33,34)(H4,23,24,25,31)/t10-,11-,13+,14+,15-,16-/m1/s1. The second-order valence-electron chi connectivity index (χ2n) is 9.68. The number of carbonyl (C=O) groups is 4. The molecule has 0 saturated carbocycles. The van der Waals surface area contributed by atoms with Crippen molar-refractivity contribution in [2.24, 2.45) is 34.2 Å². The zero-order valence-electron chi connectivity index (χ0n) is 19.7. The molecule has 2 amide bonds. The number of hydrogen-bond donors (Lipinski definition) is 4. The fourth-order valence-electron chi connectivity index (χ4n) is 5.79. The third kappa shape index (κ3) is 4.57. The Hall–Kier alpha value is -2.48. The van der Waals surface area contributed by atoms with Crippen LogP contribution in [0.2, 0.25) is 0 Å². The van der Waals surface area contributed by atoms with Gasteiger partial charge in [0.25, 0.3) is 5.91 Å². The molecule has 0 radical (unpaired) electrons. The van der Waals surface area contributed by atoms with Gasteiger partial charge in [-0.1, -0.05) is 6.92 Å². The van der Waals surface area contributed by atoms with Crippen molar-refractivity contribution in [1.29, 1.82) is 0 Å². The van der Waals surface area contributed by atoms with Crippen molar-refractivity contribution >= 4 is 41.8 Å². The second kappa shape index (κ2) is 9.88. The number of β-lactam (4-membered cyclic amide) rings is 1. The number of fused-ring (bicyclic) bond motifs is 1. The molecule has 6 N–H and O–H groups in total. The average Bonchev–Trinajstić information content (AvgIpc) is 3.30. The smallest absolute Gasteiger partial charge is 0.353 e. The number of nitrogens with two attached hydrogens (primary N) is 2. The first-order chi connectivity index (χ1) is 16.5. The van der Waals surface area contributed by atoms with Gasteiger partial charge in [-0.3, -0.25) is 9.59 Å². The van der Waals surface area contributed by atoms with Gasteiger partial charge >= 0.3 is 5.97 Å². The van der Waals surface area contributed by atoms with Crippen LogP contribution in [-0.2, 0) is 19.2 Å². The zero-order valence-corrected chi connectivity index (χ0v) is 20.6. The van der Waals surface area contributed by atoms with Gasteiger partial charge in [0.2, 0.25) is 5.91 Å². The van der Waals surface area contributed by atoms with E-state index in [1.807, 2.05) is 11.9 Å². The molecule has 13 heteroatoms. The molecule has 4 aliphatic heterocycles. The number of thioether (sulfide) groups is 1. The molecule has 0 aromatic heterocycles. The summed E-state index contributed by atoms with van der Waals surface area (Å²) in [5.74, 6) is -3.19. The number of nitrogens with zero attached hydrogens (tertiary/aromatic N) is 4. The van der Waals surface area contributed by atoms with Crippen LogP contribution in [0, 0.1) is 17.8 Å². The lowest BCUT2D eigenvalue weighted by Crippen LogP contribution is -2.63. The number of hydrogen-bond acceptors (Lipinski definition) is 8. The van der Waals surface area contributed by atoms with Crippen molar-refractivity contribution in [3.8, 4) is 0 Å². The largest absolute Gasteiger partial charge is 0.477 e. The van der Waals surface area contributed by atoms with Gasteiger partial charge in [-0.05, 0) is 26.2 Å². The molecular weight excluding hydrogens is 476 g/mol. The third-order valence-electron chi connectivity index (χ3n) is 7.46. The summed E-state index contributed by atoms with van der Waals surface area (Å²) in [4.78, 5) is 54.2. The van der Waals surface area contributed by atoms with E-state index in [-0.39, 0.29) is 52.6 Å². The minimum absolute atomic E-state index is 0.00504. The number of hydrazine groups is 1. The van der Waals surface area contributed by atoms with Gasteiger partial charge in [-0.25, -0.2) is 14.8 Å². The Labute approximate surface area is 207 Å². The maximum Gasteiger partial charge on any atom is 0.353 e. The van der Waals surface area contributed by atoms with Crippen molar-refractivity contribution in [3.63, 3.8) is 0 Å². The van der Waals surface area contributed by atoms with Gasteiger partial charge in [0, 0.05) is 41.6 Å². The van der Waals surface area contributed by atoms with Crippen molar-refractivity contribution in [2.75, 3.05) is 19.6 Å². The van der Waals surface area contributed by atoms with Crippen LogP contribution in [0.4, 0.5) is 0 Å². The number of piperidine rings is 1. The van der Waals surface area contributed by atoms with E-state index >= 15 is 0 Å². The number of amides is 2. The predicted octanol–water partition coefficient (Wildman–Crippen LogP) is -1.06. The summed E-state index contributed by atoms with van der Waals surface area (Å²) in [5.41, 5.74) is 10.6. The molecule has 4 aliphatic rings. The first-order valence-corrected chi connectivity index (χ1v) is 12.7. The monoisotopic (exact) mass is 508 g/mol. The Bertz CT molecular complexity index is 973. The van der Waals surface area contributed by atoms with Crippen LogP contribution in [-0.4, -0.2) is 98.2 Å². The normalized spacial score (nSPS) is 32.8. The number of carboxylic acids is 1. The fourth-order valence-corrected chi connectivity index (χ4v) is 7.32. The molecule has 12 nitrogen and oxygen atoms in total. The molecule has 4 heterocycles. The predicted molar refractivity (Wildman–Crippen MR) is 127 cm³/mol. The number of aliphatic carboxylic acids is 1. The maximum atomic E-state index is 12.6. The lowest BCUT2D eigenvalue weighted by atomic mass is 9.79. The maximum absolute atomic E-state index is 12.6. The lowest BCUT2D eigenvalue weighted by Gasteiger charge is -2.46. The van der Waals surface area contributed by atoms with E-state index in [9.17, 15) is 29.4 Å². The molecule has 0 bridgehead atoms. The van der Waals surface area contributed by atoms with Crippen LogP contribution in [0.1, 0.15) is 33.1 Å². The summed E-state index contributed by atoms with van der Waals surface area (Å²) in [6, 6.07) is -0.718. The summed E-state index contributed by atoms with van der Waals surface area (Å²) in [5, 5.41) is 23.9. The highest BCUT2D eigenvalue weighted by molar-refractivity contribution is 8.03. The summed E-state index contributed by atoms with van der Waals surface area (Å²) < 4.78 is 0. The van der Waals surface area contributed by atoms with Gasteiger partial charge < -0.3 is 31.4 Å². The number of aliphatic hydroxyl groups excluding tert-OH is 1. The Morgan fingerprint density at radius 1 is 1.26 bits per heavy atom. The quantitative estimate of drug-likeness (QED) is 0.142. The van der Waals surface area contributed by atoms with Gasteiger partial charge in [-0.15, -0.1) is 11.8 Å². The van der Waals surface area contributed by atoms with E-state index < -0.39 is 18.0 Å². The molecule has 0 unspecified atom stereocenters. The summed E-state index contributed by atoms with van der Waals surface area (Å²) in [6.07, 6.45) is 1.74. The highest BCUT2D eigenvalue weighted by Gasteiger charge is 2.60. The summed E-state index contributed by atoms with van der Waals surface area (Å²) >= 11 is 1.42. The van der Waals surface area contributed by atoms with Crippen LogP contribution < -0.4 is 11.5 Å². The van der Waals surface area contributed by atoms with Crippen LogP contribution in [0.3, 0.4) is 0 Å².